The van der Waals surface area contributed by atoms with Crippen LogP contribution in [0, 0.1) is 0 Å². The van der Waals surface area contributed by atoms with Gasteiger partial charge >= 0.3 is 6.03 Å². The predicted molar refractivity (Wildman–Crippen MR) is 46.1 cm³/mol. The van der Waals surface area contributed by atoms with Crippen molar-refractivity contribution in [3.8, 4) is 0 Å². The molecule has 3 heterocycles. The van der Waals surface area contributed by atoms with Crippen LogP contribution in [0.15, 0.2) is 6.20 Å². The fourth-order valence-corrected chi connectivity index (χ4v) is 2.09. The Balaban J connectivity index is 2.08. The first-order valence-electron chi connectivity index (χ1n) is 4.50. The fraction of sp³-hybridized carbons (Fsp3) is 0.500. The van der Waals surface area contributed by atoms with Crippen molar-refractivity contribution < 1.29 is 9.90 Å². The molecule has 2 aliphatic heterocycles. The van der Waals surface area contributed by atoms with Gasteiger partial charge < -0.3 is 15.3 Å². The second-order valence-electron chi connectivity index (χ2n) is 3.57. The molecule has 2 bridgehead atoms. The van der Waals surface area contributed by atoms with Gasteiger partial charge in [-0.3, -0.25) is 0 Å². The second-order valence-corrected chi connectivity index (χ2v) is 3.57. The summed E-state index contributed by atoms with van der Waals surface area (Å²) in [7, 11) is 0. The van der Waals surface area contributed by atoms with E-state index < -0.39 is 0 Å². The molecule has 1 saturated heterocycles. The van der Waals surface area contributed by atoms with Crippen molar-refractivity contribution >= 4 is 6.03 Å². The molecule has 14 heavy (non-hydrogen) atoms. The molecule has 6 nitrogen and oxygen atoms in total. The maximum Gasteiger partial charge on any atom is 0.318 e. The molecule has 0 spiro atoms. The summed E-state index contributed by atoms with van der Waals surface area (Å²) in [6.07, 6.45) is 1.72. The van der Waals surface area contributed by atoms with Gasteiger partial charge in [0, 0.05) is 12.1 Å². The summed E-state index contributed by atoms with van der Waals surface area (Å²) in [5.41, 5.74) is 1.96. The van der Waals surface area contributed by atoms with E-state index in [1.165, 1.54) is 4.68 Å². The molecular weight excluding hydrogens is 184 g/mol. The second kappa shape index (κ2) is 2.48. The first-order chi connectivity index (χ1) is 6.79. The van der Waals surface area contributed by atoms with E-state index in [1.54, 1.807) is 11.1 Å². The van der Waals surface area contributed by atoms with Crippen LogP contribution in [-0.4, -0.2) is 32.4 Å². The van der Waals surface area contributed by atoms with Crippen molar-refractivity contribution in [1.29, 1.82) is 0 Å². The molecule has 1 fully saturated rings. The van der Waals surface area contributed by atoms with E-state index in [4.69, 9.17) is 5.11 Å². The quantitative estimate of drug-likeness (QED) is 0.628. The molecule has 1 aromatic rings. The summed E-state index contributed by atoms with van der Waals surface area (Å²) in [4.78, 5) is 13.1. The maximum atomic E-state index is 11.3. The average Bonchev–Trinajstić information content (AvgIpc) is 2.71. The molecule has 3 rings (SSSR count). The average molecular weight is 194 g/mol. The zero-order valence-electron chi connectivity index (χ0n) is 7.47. The lowest BCUT2D eigenvalue weighted by Gasteiger charge is -2.21. The molecule has 2 amide bonds. The van der Waals surface area contributed by atoms with Crippen molar-refractivity contribution in [3.63, 3.8) is 0 Å². The first kappa shape index (κ1) is 7.81. The van der Waals surface area contributed by atoms with Crippen molar-refractivity contribution in [1.82, 2.24) is 20.0 Å². The summed E-state index contributed by atoms with van der Waals surface area (Å²) in [5.74, 6) is 0. The van der Waals surface area contributed by atoms with Crippen LogP contribution in [0.2, 0.25) is 0 Å². The van der Waals surface area contributed by atoms with E-state index in [2.05, 4.69) is 10.4 Å². The van der Waals surface area contributed by atoms with Crippen molar-refractivity contribution in [2.75, 3.05) is 6.54 Å². The summed E-state index contributed by atoms with van der Waals surface area (Å²) >= 11 is 0. The number of nitrogens with zero attached hydrogens (tertiary/aromatic N) is 3. The van der Waals surface area contributed by atoms with E-state index in [0.29, 0.717) is 13.1 Å². The Morgan fingerprint density at radius 3 is 3.36 bits per heavy atom. The number of amides is 2. The standard InChI is InChI=1S/C8H10N4O2/c13-4-12-7-3-11-2-6(10-8(11)14)5(7)1-9-12/h1,6,13H,2-4H2,(H,10,14). The highest BCUT2D eigenvalue weighted by Crippen LogP contribution is 2.30. The molecule has 74 valence electrons. The normalized spacial score (nSPS) is 23.6. The number of rotatable bonds is 1. The first-order valence-corrected chi connectivity index (χ1v) is 4.50. The molecule has 1 atom stereocenters. The van der Waals surface area contributed by atoms with Gasteiger partial charge in [-0.15, -0.1) is 0 Å². The number of carbonyl (C=O) groups excluding carboxylic acids is 1. The number of aliphatic hydroxyl groups excluding tert-OH is 1. The van der Waals surface area contributed by atoms with Gasteiger partial charge in [-0.25, -0.2) is 9.48 Å². The maximum absolute atomic E-state index is 11.3. The number of carbonyl (C=O) groups is 1. The lowest BCUT2D eigenvalue weighted by atomic mass is 10.1. The third-order valence-corrected chi connectivity index (χ3v) is 2.82. The molecular formula is C8H10N4O2. The summed E-state index contributed by atoms with van der Waals surface area (Å²) in [6.45, 7) is 1.12. The van der Waals surface area contributed by atoms with Gasteiger partial charge in [0.25, 0.3) is 0 Å². The number of nitrogens with one attached hydrogen (secondary N) is 1. The lowest BCUT2D eigenvalue weighted by molar-refractivity contribution is 0.181. The van der Waals surface area contributed by atoms with Crippen molar-refractivity contribution in [2.45, 2.75) is 19.3 Å². The van der Waals surface area contributed by atoms with Gasteiger partial charge in [-0.05, 0) is 0 Å². The fourth-order valence-electron chi connectivity index (χ4n) is 2.09. The molecule has 6 heteroatoms. The smallest absolute Gasteiger partial charge is 0.318 e. The van der Waals surface area contributed by atoms with Gasteiger partial charge in [0.05, 0.1) is 24.5 Å². The van der Waals surface area contributed by atoms with Gasteiger partial charge in [0.1, 0.15) is 6.73 Å². The van der Waals surface area contributed by atoms with E-state index in [-0.39, 0.29) is 18.8 Å². The molecule has 2 N–H and O–H groups in total. The highest BCUT2D eigenvalue weighted by Gasteiger charge is 2.37. The number of fused-ring (bicyclic) bond motifs is 4. The number of aromatic nitrogens is 2. The monoisotopic (exact) mass is 194 g/mol. The molecule has 0 radical (unpaired) electrons. The molecule has 0 saturated carbocycles. The molecule has 2 aliphatic rings. The zero-order valence-corrected chi connectivity index (χ0v) is 7.47. The van der Waals surface area contributed by atoms with Crippen LogP contribution in [0.25, 0.3) is 0 Å². The van der Waals surface area contributed by atoms with Crippen molar-refractivity contribution in [3.05, 3.63) is 17.5 Å². The van der Waals surface area contributed by atoms with Crippen LogP contribution < -0.4 is 5.32 Å². The van der Waals surface area contributed by atoms with Gasteiger partial charge in [-0.1, -0.05) is 0 Å². The predicted octanol–water partition coefficient (Wildman–Crippen LogP) is -0.587. The van der Waals surface area contributed by atoms with E-state index >= 15 is 0 Å². The highest BCUT2D eigenvalue weighted by atomic mass is 16.3. The molecule has 0 aromatic carbocycles. The summed E-state index contributed by atoms with van der Waals surface area (Å²) < 4.78 is 1.52. The minimum absolute atomic E-state index is 0.0318. The van der Waals surface area contributed by atoms with Gasteiger partial charge in [-0.2, -0.15) is 5.10 Å². The third kappa shape index (κ3) is 0.832. The van der Waals surface area contributed by atoms with Crippen LogP contribution in [-0.2, 0) is 13.3 Å². The van der Waals surface area contributed by atoms with Crippen LogP contribution in [0.1, 0.15) is 17.3 Å². The lowest BCUT2D eigenvalue weighted by Crippen LogP contribution is -2.29. The number of hydrogen-bond donors (Lipinski definition) is 2. The van der Waals surface area contributed by atoms with Crippen LogP contribution in [0.3, 0.4) is 0 Å². The van der Waals surface area contributed by atoms with E-state index in [0.717, 1.165) is 11.3 Å². The van der Waals surface area contributed by atoms with Crippen LogP contribution in [0.4, 0.5) is 4.79 Å². The Bertz CT molecular complexity index is 400. The largest absolute Gasteiger partial charge is 0.374 e. The van der Waals surface area contributed by atoms with E-state index in [1.807, 2.05) is 0 Å². The molecule has 1 aromatic heterocycles. The Labute approximate surface area is 80.1 Å². The Morgan fingerprint density at radius 1 is 1.71 bits per heavy atom. The van der Waals surface area contributed by atoms with Gasteiger partial charge in [0.2, 0.25) is 0 Å². The topological polar surface area (TPSA) is 70.4 Å². The Morgan fingerprint density at radius 2 is 2.57 bits per heavy atom. The minimum atomic E-state index is -0.135. The van der Waals surface area contributed by atoms with Crippen LogP contribution in [0.5, 0.6) is 0 Å². The molecule has 1 unspecified atom stereocenters. The van der Waals surface area contributed by atoms with Gasteiger partial charge in [0.15, 0.2) is 0 Å². The van der Waals surface area contributed by atoms with Crippen molar-refractivity contribution in [2.24, 2.45) is 0 Å². The minimum Gasteiger partial charge on any atom is -0.374 e. The SMILES string of the molecule is O=C1NC2CN1Cc1c2cnn1CO. The summed E-state index contributed by atoms with van der Waals surface area (Å²) in [6, 6.07) is 0.0160. The van der Waals surface area contributed by atoms with Crippen LogP contribution >= 0.6 is 0 Å². The Kier molecular flexibility index (Phi) is 1.38. The van der Waals surface area contributed by atoms with E-state index in [9.17, 15) is 4.79 Å². The third-order valence-electron chi connectivity index (χ3n) is 2.82. The Hall–Kier alpha value is -1.56. The number of aliphatic hydroxyl groups is 1. The zero-order chi connectivity index (χ0) is 9.71. The highest BCUT2D eigenvalue weighted by molar-refractivity contribution is 5.78. The number of urea groups is 1. The number of hydrogen-bond acceptors (Lipinski definition) is 3. The molecule has 0 aliphatic carbocycles. The summed E-state index contributed by atoms with van der Waals surface area (Å²) in [5, 5.41) is 15.9.